The lowest BCUT2D eigenvalue weighted by atomic mass is 9.82. The Morgan fingerprint density at radius 1 is 1.12 bits per heavy atom. The zero-order valence-electron chi connectivity index (χ0n) is 22.2. The van der Waals surface area contributed by atoms with Crippen LogP contribution in [0.15, 0.2) is 42.6 Å². The molecule has 2 aromatic carbocycles. The number of rotatable bonds is 7. The SMILES string of the molecule is CC(C)n1nc(-c2cc(F)c(NS(=O)(=O)Cc3ccccc3Cl)cc2F)c2c(N)ncc(C3CCC(N)CC3)c21. The Bertz CT molecular complexity index is 1680. The molecule has 1 aliphatic rings. The molecule has 4 aromatic rings. The van der Waals surface area contributed by atoms with Gasteiger partial charge in [0.25, 0.3) is 0 Å². The number of halogens is 3. The molecule has 2 aromatic heterocycles. The van der Waals surface area contributed by atoms with Crippen LogP contribution in [0.2, 0.25) is 5.02 Å². The molecule has 0 unspecified atom stereocenters. The second kappa shape index (κ2) is 10.9. The van der Waals surface area contributed by atoms with Crippen molar-refractivity contribution < 1.29 is 17.2 Å². The third-order valence-electron chi connectivity index (χ3n) is 7.36. The maximum Gasteiger partial charge on any atom is 0.237 e. The summed E-state index contributed by atoms with van der Waals surface area (Å²) in [5.74, 6) is -1.99. The van der Waals surface area contributed by atoms with E-state index >= 15 is 8.78 Å². The first kappa shape index (κ1) is 28.3. The van der Waals surface area contributed by atoms with Crippen molar-refractivity contribution in [3.63, 3.8) is 0 Å². The van der Waals surface area contributed by atoms with Gasteiger partial charge in [0.15, 0.2) is 0 Å². The van der Waals surface area contributed by atoms with Crippen LogP contribution < -0.4 is 16.2 Å². The number of pyridine rings is 1. The van der Waals surface area contributed by atoms with Crippen LogP contribution >= 0.6 is 11.6 Å². The molecule has 0 bridgehead atoms. The third kappa shape index (κ3) is 5.50. The molecule has 0 saturated heterocycles. The van der Waals surface area contributed by atoms with Gasteiger partial charge in [0.1, 0.15) is 23.1 Å². The number of anilines is 2. The van der Waals surface area contributed by atoms with E-state index in [0.29, 0.717) is 10.9 Å². The predicted octanol–water partition coefficient (Wildman–Crippen LogP) is 6.12. The van der Waals surface area contributed by atoms with Crippen LogP contribution in [0.25, 0.3) is 22.2 Å². The summed E-state index contributed by atoms with van der Waals surface area (Å²) in [6.07, 6.45) is 5.27. The second-order valence-electron chi connectivity index (χ2n) is 10.6. The number of nitrogen functional groups attached to an aromatic ring is 1. The van der Waals surface area contributed by atoms with E-state index in [-0.39, 0.29) is 40.1 Å². The number of hydrogen-bond donors (Lipinski definition) is 3. The lowest BCUT2D eigenvalue weighted by molar-refractivity contribution is 0.395. The second-order valence-corrected chi connectivity index (χ2v) is 12.7. The van der Waals surface area contributed by atoms with Gasteiger partial charge in [-0.05, 0) is 68.7 Å². The van der Waals surface area contributed by atoms with E-state index in [2.05, 4.69) is 14.8 Å². The molecule has 0 aliphatic heterocycles. The lowest BCUT2D eigenvalue weighted by Crippen LogP contribution is -2.26. The summed E-state index contributed by atoms with van der Waals surface area (Å²) in [4.78, 5) is 4.40. The van der Waals surface area contributed by atoms with Crippen LogP contribution in [0, 0.1) is 11.6 Å². The third-order valence-corrected chi connectivity index (χ3v) is 8.95. The summed E-state index contributed by atoms with van der Waals surface area (Å²) in [5, 5.41) is 5.36. The topological polar surface area (TPSA) is 129 Å². The Balaban J connectivity index is 1.56. The van der Waals surface area contributed by atoms with Crippen molar-refractivity contribution >= 4 is 44.0 Å². The minimum absolute atomic E-state index is 0.105. The highest BCUT2D eigenvalue weighted by atomic mass is 35.5. The van der Waals surface area contributed by atoms with Crippen molar-refractivity contribution in [1.82, 2.24) is 14.8 Å². The first-order valence-corrected chi connectivity index (χ1v) is 15.1. The summed E-state index contributed by atoms with van der Waals surface area (Å²) in [7, 11) is -4.10. The van der Waals surface area contributed by atoms with E-state index in [0.717, 1.165) is 48.9 Å². The van der Waals surface area contributed by atoms with Gasteiger partial charge in [-0.3, -0.25) is 9.40 Å². The summed E-state index contributed by atoms with van der Waals surface area (Å²) in [5.41, 5.74) is 13.9. The highest BCUT2D eigenvalue weighted by molar-refractivity contribution is 7.91. The van der Waals surface area contributed by atoms with Crippen molar-refractivity contribution in [2.24, 2.45) is 5.73 Å². The molecule has 5 rings (SSSR count). The molecule has 8 nitrogen and oxygen atoms in total. The van der Waals surface area contributed by atoms with Gasteiger partial charge in [-0.25, -0.2) is 22.2 Å². The highest BCUT2D eigenvalue weighted by Gasteiger charge is 2.29. The van der Waals surface area contributed by atoms with Gasteiger partial charge in [0.2, 0.25) is 10.0 Å². The minimum Gasteiger partial charge on any atom is -0.383 e. The number of benzene rings is 2. The molecule has 212 valence electrons. The largest absolute Gasteiger partial charge is 0.383 e. The van der Waals surface area contributed by atoms with E-state index in [1.807, 2.05) is 13.8 Å². The molecule has 2 heterocycles. The normalized spacial score (nSPS) is 18.0. The Morgan fingerprint density at radius 2 is 1.82 bits per heavy atom. The van der Waals surface area contributed by atoms with Gasteiger partial charge in [0.05, 0.1) is 22.3 Å². The molecule has 40 heavy (non-hydrogen) atoms. The van der Waals surface area contributed by atoms with Crippen molar-refractivity contribution in [3.8, 4) is 11.3 Å². The first-order chi connectivity index (χ1) is 18.9. The average Bonchev–Trinajstić information content (AvgIpc) is 3.30. The number of nitrogens with two attached hydrogens (primary N) is 2. The predicted molar refractivity (Wildman–Crippen MR) is 155 cm³/mol. The quantitative estimate of drug-likeness (QED) is 0.238. The molecule has 1 fully saturated rings. The van der Waals surface area contributed by atoms with Gasteiger partial charge in [0, 0.05) is 34.9 Å². The molecule has 12 heteroatoms. The minimum atomic E-state index is -4.10. The number of nitrogens with one attached hydrogen (secondary N) is 1. The van der Waals surface area contributed by atoms with Crippen molar-refractivity contribution in [1.29, 1.82) is 0 Å². The molecule has 0 amide bonds. The van der Waals surface area contributed by atoms with Gasteiger partial charge in [-0.1, -0.05) is 29.8 Å². The molecule has 1 aliphatic carbocycles. The van der Waals surface area contributed by atoms with Gasteiger partial charge in [-0.15, -0.1) is 0 Å². The molecule has 1 saturated carbocycles. The number of nitrogens with zero attached hydrogens (tertiary/aromatic N) is 3. The molecule has 0 spiro atoms. The first-order valence-electron chi connectivity index (χ1n) is 13.1. The molecule has 0 radical (unpaired) electrons. The van der Waals surface area contributed by atoms with Crippen molar-refractivity contribution in [3.05, 3.63) is 70.4 Å². The number of sulfonamides is 1. The smallest absolute Gasteiger partial charge is 0.237 e. The van der Waals surface area contributed by atoms with Crippen LogP contribution in [0.4, 0.5) is 20.3 Å². The number of aromatic nitrogens is 3. The zero-order valence-corrected chi connectivity index (χ0v) is 23.7. The summed E-state index contributed by atoms with van der Waals surface area (Å²) < 4.78 is 60.3. The van der Waals surface area contributed by atoms with E-state index in [4.69, 9.17) is 23.1 Å². The summed E-state index contributed by atoms with van der Waals surface area (Å²) in [6, 6.07) is 8.21. The highest BCUT2D eigenvalue weighted by Crippen LogP contribution is 2.42. The van der Waals surface area contributed by atoms with Crippen LogP contribution in [0.5, 0.6) is 0 Å². The summed E-state index contributed by atoms with van der Waals surface area (Å²) in [6.45, 7) is 3.89. The van der Waals surface area contributed by atoms with E-state index in [9.17, 15) is 8.42 Å². The fourth-order valence-corrected chi connectivity index (χ4v) is 6.85. The fourth-order valence-electron chi connectivity index (χ4n) is 5.34. The van der Waals surface area contributed by atoms with Crippen LogP contribution in [0.3, 0.4) is 0 Å². The van der Waals surface area contributed by atoms with Crippen LogP contribution in [0.1, 0.15) is 62.6 Å². The van der Waals surface area contributed by atoms with Gasteiger partial charge in [-0.2, -0.15) is 5.10 Å². The Morgan fingerprint density at radius 3 is 2.50 bits per heavy atom. The maximum atomic E-state index is 15.6. The number of fused-ring (bicyclic) bond motifs is 1. The van der Waals surface area contributed by atoms with Crippen LogP contribution in [-0.2, 0) is 15.8 Å². The van der Waals surface area contributed by atoms with E-state index < -0.39 is 33.1 Å². The summed E-state index contributed by atoms with van der Waals surface area (Å²) >= 11 is 6.07. The molecular weight excluding hydrogens is 558 g/mol. The molecule has 5 N–H and O–H groups in total. The van der Waals surface area contributed by atoms with Gasteiger partial charge >= 0.3 is 0 Å². The average molecular weight is 589 g/mol. The van der Waals surface area contributed by atoms with E-state index in [1.54, 1.807) is 35.1 Å². The standard InChI is InChI=1S/C28H31ClF2N6O2S/c1-15(2)37-27-20(16-7-9-18(32)10-8-16)13-34-28(33)25(27)26(35-37)19-11-23(31)24(12-22(19)30)36-40(38,39)14-17-5-3-4-6-21(17)29/h3-6,11-13,15-16,18,36H,7-10,14,32H2,1-2H3,(H2,33,34). The maximum absolute atomic E-state index is 15.6. The Kier molecular flexibility index (Phi) is 7.73. The van der Waals surface area contributed by atoms with Crippen molar-refractivity contribution in [2.75, 3.05) is 10.5 Å². The van der Waals surface area contributed by atoms with Crippen LogP contribution in [-0.4, -0.2) is 29.2 Å². The van der Waals surface area contributed by atoms with Crippen molar-refractivity contribution in [2.45, 2.75) is 63.3 Å². The van der Waals surface area contributed by atoms with Gasteiger partial charge < -0.3 is 11.5 Å². The zero-order chi connectivity index (χ0) is 28.8. The molecule has 0 atom stereocenters. The number of hydrogen-bond acceptors (Lipinski definition) is 6. The molecular formula is C28H31ClF2N6O2S. The monoisotopic (exact) mass is 588 g/mol. The fraction of sp³-hybridized carbons (Fsp3) is 0.357. The Labute approximate surface area is 236 Å². The Hall–Kier alpha value is -3.28. The van der Waals surface area contributed by atoms with E-state index in [1.165, 1.54) is 0 Å². The lowest BCUT2D eigenvalue weighted by Gasteiger charge is -2.27.